The maximum Gasteiger partial charge on any atom is 0.163 e. The van der Waals surface area contributed by atoms with Gasteiger partial charge in [-0.2, -0.15) is 15.3 Å². The van der Waals surface area contributed by atoms with Crippen LogP contribution in [0.5, 0.6) is 0 Å². The van der Waals surface area contributed by atoms with E-state index in [1.54, 1.807) is 29.2 Å². The third-order valence-electron chi connectivity index (χ3n) is 5.48. The highest BCUT2D eigenvalue weighted by Crippen LogP contribution is 2.24. The molecule has 1 N–H and O–H groups in total. The Hall–Kier alpha value is -3.75. The zero-order chi connectivity index (χ0) is 23.7. The minimum atomic E-state index is 0.455. The second-order valence-electron chi connectivity index (χ2n) is 7.70. The molecule has 0 aliphatic rings. The molecule has 8 nitrogen and oxygen atoms in total. The highest BCUT2D eigenvalue weighted by atomic mass is 35.5. The van der Waals surface area contributed by atoms with Crippen molar-refractivity contribution in [3.05, 3.63) is 93.6 Å². The molecule has 0 aliphatic heterocycles. The minimum absolute atomic E-state index is 0.455. The Kier molecular flexibility index (Phi) is 6.00. The number of halogens is 2. The van der Waals surface area contributed by atoms with Crippen LogP contribution in [-0.4, -0.2) is 35.7 Å². The molecule has 34 heavy (non-hydrogen) atoms. The van der Waals surface area contributed by atoms with Gasteiger partial charge in [-0.05, 0) is 43.7 Å². The molecule has 0 amide bonds. The fourth-order valence-corrected chi connectivity index (χ4v) is 4.20. The lowest BCUT2D eigenvalue weighted by Gasteiger charge is -2.06. The number of aromatic nitrogens is 6. The van der Waals surface area contributed by atoms with Gasteiger partial charge in [-0.25, -0.2) is 19.3 Å². The molecular weight excluding hydrogens is 471 g/mol. The summed E-state index contributed by atoms with van der Waals surface area (Å²) in [5.41, 5.74) is 8.40. The van der Waals surface area contributed by atoms with E-state index in [-0.39, 0.29) is 0 Å². The monoisotopic (exact) mass is 490 g/mol. The fraction of sp³-hybridized carbons (Fsp3) is 0.125. The molecule has 0 unspecified atom stereocenters. The van der Waals surface area contributed by atoms with Crippen molar-refractivity contribution in [2.75, 3.05) is 5.43 Å². The van der Waals surface area contributed by atoms with Crippen LogP contribution in [0.1, 0.15) is 22.5 Å². The predicted octanol–water partition coefficient (Wildman–Crippen LogP) is 5.43. The number of anilines is 1. The molecule has 0 saturated heterocycles. The van der Waals surface area contributed by atoms with Gasteiger partial charge >= 0.3 is 0 Å². The van der Waals surface area contributed by atoms with Crippen LogP contribution in [0, 0.1) is 13.8 Å². The Morgan fingerprint density at radius 3 is 2.68 bits per heavy atom. The Morgan fingerprint density at radius 2 is 1.88 bits per heavy atom. The smallest absolute Gasteiger partial charge is 0.163 e. The van der Waals surface area contributed by atoms with Gasteiger partial charge in [-0.15, -0.1) is 0 Å². The van der Waals surface area contributed by atoms with Gasteiger partial charge in [0.25, 0.3) is 0 Å². The Bertz CT molecular complexity index is 1500. The first-order valence-electron chi connectivity index (χ1n) is 10.5. The van der Waals surface area contributed by atoms with Crippen LogP contribution < -0.4 is 5.43 Å². The van der Waals surface area contributed by atoms with Crippen LogP contribution in [0.4, 0.5) is 5.82 Å². The van der Waals surface area contributed by atoms with Crippen molar-refractivity contribution in [2.24, 2.45) is 5.10 Å². The van der Waals surface area contributed by atoms with Crippen molar-refractivity contribution >= 4 is 46.3 Å². The van der Waals surface area contributed by atoms with Gasteiger partial charge in [0, 0.05) is 15.6 Å². The number of benzene rings is 2. The summed E-state index contributed by atoms with van der Waals surface area (Å²) in [6.07, 6.45) is 4.94. The first-order valence-corrected chi connectivity index (χ1v) is 11.3. The molecule has 3 heterocycles. The molecule has 5 rings (SSSR count). The summed E-state index contributed by atoms with van der Waals surface area (Å²) in [7, 11) is 0. The summed E-state index contributed by atoms with van der Waals surface area (Å²) in [6, 6.07) is 15.4. The van der Waals surface area contributed by atoms with E-state index in [0.29, 0.717) is 28.1 Å². The van der Waals surface area contributed by atoms with Crippen molar-refractivity contribution in [1.82, 2.24) is 29.5 Å². The zero-order valence-electron chi connectivity index (χ0n) is 18.4. The summed E-state index contributed by atoms with van der Waals surface area (Å²) in [4.78, 5) is 8.72. The van der Waals surface area contributed by atoms with Crippen LogP contribution in [0.3, 0.4) is 0 Å². The van der Waals surface area contributed by atoms with Crippen LogP contribution in [0.2, 0.25) is 10.0 Å². The number of nitrogens with one attached hydrogen (secondary N) is 1. The number of rotatable bonds is 6. The molecule has 0 saturated carbocycles. The SMILES string of the molecule is Cc1nn(-c2ccccc2)c(C)c1/C=N/Nc1ncnc2c1cnn2Cc1ccc(Cl)cc1Cl. The Morgan fingerprint density at radius 1 is 1.06 bits per heavy atom. The maximum absolute atomic E-state index is 6.33. The predicted molar refractivity (Wildman–Crippen MR) is 135 cm³/mol. The topological polar surface area (TPSA) is 85.8 Å². The summed E-state index contributed by atoms with van der Waals surface area (Å²) in [5, 5.41) is 15.4. The molecule has 5 aromatic rings. The quantitative estimate of drug-likeness (QED) is 0.253. The second-order valence-corrected chi connectivity index (χ2v) is 8.54. The first kappa shape index (κ1) is 22.1. The summed E-state index contributed by atoms with van der Waals surface area (Å²) in [6.45, 7) is 4.43. The van der Waals surface area contributed by atoms with Crippen molar-refractivity contribution in [3.63, 3.8) is 0 Å². The van der Waals surface area contributed by atoms with Gasteiger partial charge < -0.3 is 0 Å². The number of hydrazone groups is 1. The average Bonchev–Trinajstić information content (AvgIpc) is 3.37. The van der Waals surface area contributed by atoms with Crippen LogP contribution in [-0.2, 0) is 6.54 Å². The summed E-state index contributed by atoms with van der Waals surface area (Å²) >= 11 is 12.3. The minimum Gasteiger partial charge on any atom is -0.261 e. The molecule has 0 aliphatic carbocycles. The number of hydrogen-bond acceptors (Lipinski definition) is 6. The van der Waals surface area contributed by atoms with Gasteiger partial charge in [0.1, 0.15) is 6.33 Å². The largest absolute Gasteiger partial charge is 0.261 e. The number of fused-ring (bicyclic) bond motifs is 1. The number of para-hydroxylation sites is 1. The Balaban J connectivity index is 1.39. The molecule has 0 atom stereocenters. The van der Waals surface area contributed by atoms with Crippen molar-refractivity contribution in [1.29, 1.82) is 0 Å². The van der Waals surface area contributed by atoms with E-state index in [0.717, 1.165) is 33.6 Å². The highest BCUT2D eigenvalue weighted by Gasteiger charge is 2.13. The third kappa shape index (κ3) is 4.25. The fourth-order valence-electron chi connectivity index (χ4n) is 3.73. The molecule has 0 radical (unpaired) electrons. The van der Waals surface area contributed by atoms with E-state index < -0.39 is 0 Å². The van der Waals surface area contributed by atoms with Gasteiger partial charge in [0.2, 0.25) is 0 Å². The van der Waals surface area contributed by atoms with Gasteiger partial charge in [0.15, 0.2) is 11.5 Å². The van der Waals surface area contributed by atoms with E-state index in [9.17, 15) is 0 Å². The molecule has 0 spiro atoms. The average molecular weight is 491 g/mol. The lowest BCUT2D eigenvalue weighted by molar-refractivity contribution is 0.704. The van der Waals surface area contributed by atoms with Crippen LogP contribution in [0.15, 0.2) is 66.2 Å². The standard InChI is InChI=1S/C24H20Cl2N8/c1-15-20(16(2)34(32-15)19-6-4-3-5-7-19)11-29-31-23-21-12-30-33(24(21)28-14-27-23)13-17-8-9-18(25)10-22(17)26/h3-12,14H,13H2,1-2H3,(H,27,28,31)/b29-11+. The van der Waals surface area contributed by atoms with E-state index in [4.69, 9.17) is 23.2 Å². The molecule has 170 valence electrons. The second kappa shape index (κ2) is 9.24. The zero-order valence-corrected chi connectivity index (χ0v) is 20.0. The molecule has 0 bridgehead atoms. The van der Waals surface area contributed by atoms with E-state index in [2.05, 4.69) is 30.7 Å². The lowest BCUT2D eigenvalue weighted by atomic mass is 10.2. The maximum atomic E-state index is 6.33. The highest BCUT2D eigenvalue weighted by molar-refractivity contribution is 6.35. The lowest BCUT2D eigenvalue weighted by Crippen LogP contribution is -2.04. The van der Waals surface area contributed by atoms with Gasteiger partial charge in [-0.3, -0.25) is 5.43 Å². The number of hydrogen-bond donors (Lipinski definition) is 1. The van der Waals surface area contributed by atoms with E-state index in [1.165, 1.54) is 6.33 Å². The van der Waals surface area contributed by atoms with Crippen LogP contribution >= 0.6 is 23.2 Å². The first-order chi connectivity index (χ1) is 16.5. The van der Waals surface area contributed by atoms with E-state index in [1.807, 2.05) is 54.9 Å². The van der Waals surface area contributed by atoms with Gasteiger partial charge in [0.05, 0.1) is 41.4 Å². The van der Waals surface area contributed by atoms with E-state index >= 15 is 0 Å². The molecular formula is C24H20Cl2N8. The van der Waals surface area contributed by atoms with Crippen LogP contribution in [0.25, 0.3) is 16.7 Å². The number of aryl methyl sites for hydroxylation is 1. The van der Waals surface area contributed by atoms with Gasteiger partial charge in [-0.1, -0.05) is 47.5 Å². The van der Waals surface area contributed by atoms with Crippen molar-refractivity contribution in [2.45, 2.75) is 20.4 Å². The Labute approximate surface area is 205 Å². The third-order valence-corrected chi connectivity index (χ3v) is 6.07. The molecule has 10 heteroatoms. The summed E-state index contributed by atoms with van der Waals surface area (Å²) in [5.74, 6) is 0.556. The van der Waals surface area contributed by atoms with Crippen molar-refractivity contribution < 1.29 is 0 Å². The summed E-state index contributed by atoms with van der Waals surface area (Å²) < 4.78 is 3.67. The number of nitrogens with zero attached hydrogens (tertiary/aromatic N) is 7. The van der Waals surface area contributed by atoms with Crippen molar-refractivity contribution in [3.8, 4) is 5.69 Å². The molecule has 0 fully saturated rings. The molecule has 2 aromatic carbocycles. The molecule has 3 aromatic heterocycles. The normalized spacial score (nSPS) is 11.5.